The van der Waals surface area contributed by atoms with Gasteiger partial charge in [0.05, 0.1) is 18.2 Å². The Morgan fingerprint density at radius 2 is 1.95 bits per heavy atom. The van der Waals surface area contributed by atoms with E-state index in [1.54, 1.807) is 6.26 Å². The summed E-state index contributed by atoms with van der Waals surface area (Å²) < 4.78 is 6.69. The molecule has 1 aliphatic heterocycles. The van der Waals surface area contributed by atoms with Crippen LogP contribution >= 0.6 is 15.9 Å². The van der Waals surface area contributed by atoms with Gasteiger partial charge in [-0.25, -0.2) is 0 Å². The number of halogens is 1. The van der Waals surface area contributed by atoms with E-state index < -0.39 is 5.97 Å². The summed E-state index contributed by atoms with van der Waals surface area (Å²) in [6.07, 6.45) is 3.04. The van der Waals surface area contributed by atoms with Crippen LogP contribution in [0, 0.1) is 5.92 Å². The molecule has 2 heterocycles. The van der Waals surface area contributed by atoms with Gasteiger partial charge in [0.2, 0.25) is 0 Å². The molecule has 5 heteroatoms. The molecule has 4 nitrogen and oxygen atoms in total. The first-order valence-corrected chi connectivity index (χ1v) is 8.21. The molecule has 1 atom stereocenters. The van der Waals surface area contributed by atoms with E-state index in [9.17, 15) is 4.79 Å². The highest BCUT2D eigenvalue weighted by molar-refractivity contribution is 9.10. The van der Waals surface area contributed by atoms with Crippen molar-refractivity contribution < 1.29 is 14.3 Å². The van der Waals surface area contributed by atoms with Gasteiger partial charge in [0.1, 0.15) is 5.76 Å². The number of benzene rings is 1. The molecule has 116 valence electrons. The van der Waals surface area contributed by atoms with Gasteiger partial charge in [-0.3, -0.25) is 9.69 Å². The summed E-state index contributed by atoms with van der Waals surface area (Å²) in [4.78, 5) is 13.4. The van der Waals surface area contributed by atoms with Crippen LogP contribution in [0.5, 0.6) is 0 Å². The van der Waals surface area contributed by atoms with Crippen molar-refractivity contribution in [1.82, 2.24) is 4.90 Å². The molecule has 1 N–H and O–H groups in total. The maximum absolute atomic E-state index is 11.1. The molecule has 1 aromatic carbocycles. The molecule has 1 unspecified atom stereocenters. The van der Waals surface area contributed by atoms with Crippen molar-refractivity contribution in [3.63, 3.8) is 0 Å². The molecule has 0 amide bonds. The molecule has 0 spiro atoms. The van der Waals surface area contributed by atoms with Crippen LogP contribution < -0.4 is 0 Å². The minimum absolute atomic E-state index is 0.0142. The van der Waals surface area contributed by atoms with Gasteiger partial charge in [0.15, 0.2) is 0 Å². The average Bonchev–Trinajstić information content (AvgIpc) is 3.04. The van der Waals surface area contributed by atoms with Gasteiger partial charge in [-0.05, 0) is 49.7 Å². The molecule has 0 radical (unpaired) electrons. The van der Waals surface area contributed by atoms with Crippen molar-refractivity contribution in [2.24, 2.45) is 5.92 Å². The number of aliphatic carboxylic acids is 1. The molecule has 22 heavy (non-hydrogen) atoms. The van der Waals surface area contributed by atoms with Crippen molar-refractivity contribution in [1.29, 1.82) is 0 Å². The number of carbonyl (C=O) groups is 1. The smallest absolute Gasteiger partial charge is 0.306 e. The molecular formula is C17H18BrNO3. The Bertz CT molecular complexity index is 633. The Labute approximate surface area is 137 Å². The summed E-state index contributed by atoms with van der Waals surface area (Å²) in [6, 6.07) is 12.0. The quantitative estimate of drug-likeness (QED) is 0.893. The van der Waals surface area contributed by atoms with E-state index in [-0.39, 0.29) is 12.0 Å². The zero-order valence-corrected chi connectivity index (χ0v) is 13.7. The van der Waals surface area contributed by atoms with Crippen LogP contribution in [-0.4, -0.2) is 29.1 Å². The molecule has 2 aromatic rings. The third kappa shape index (κ3) is 3.10. The molecule has 1 aliphatic rings. The van der Waals surface area contributed by atoms with Gasteiger partial charge >= 0.3 is 5.97 Å². The summed E-state index contributed by atoms with van der Waals surface area (Å²) in [5.74, 6) is -0.0246. The highest BCUT2D eigenvalue weighted by Crippen LogP contribution is 2.36. The topological polar surface area (TPSA) is 53.7 Å². The Kier molecular flexibility index (Phi) is 4.64. The Hall–Kier alpha value is -1.59. The molecule has 1 fully saturated rings. The second kappa shape index (κ2) is 6.67. The third-order valence-electron chi connectivity index (χ3n) is 4.26. The Morgan fingerprint density at radius 1 is 1.23 bits per heavy atom. The second-order valence-electron chi connectivity index (χ2n) is 5.59. The first-order chi connectivity index (χ1) is 10.7. The summed E-state index contributed by atoms with van der Waals surface area (Å²) in [6.45, 7) is 1.51. The van der Waals surface area contributed by atoms with Gasteiger partial charge < -0.3 is 9.52 Å². The molecule has 0 bridgehead atoms. The number of piperidine rings is 1. The van der Waals surface area contributed by atoms with E-state index in [0.29, 0.717) is 12.8 Å². The normalized spacial score (nSPS) is 18.2. The number of nitrogens with zero attached hydrogens (tertiary/aromatic N) is 1. The molecule has 0 saturated carbocycles. The predicted molar refractivity (Wildman–Crippen MR) is 86.6 cm³/mol. The standard InChI is InChI=1S/C17H18BrNO3/c18-14-5-2-1-4-13(14)16(15-6-3-11-22-15)19-9-7-12(8-10-19)17(20)21/h1-6,11-12,16H,7-10H2,(H,20,21). The lowest BCUT2D eigenvalue weighted by Gasteiger charge is -2.36. The number of rotatable bonds is 4. The lowest BCUT2D eigenvalue weighted by Crippen LogP contribution is -2.39. The van der Waals surface area contributed by atoms with E-state index in [4.69, 9.17) is 9.52 Å². The van der Waals surface area contributed by atoms with Crippen molar-refractivity contribution >= 4 is 21.9 Å². The molecule has 3 rings (SSSR count). The van der Waals surface area contributed by atoms with Gasteiger partial charge in [-0.2, -0.15) is 0 Å². The average molecular weight is 364 g/mol. The van der Waals surface area contributed by atoms with Crippen molar-refractivity contribution in [3.8, 4) is 0 Å². The molecule has 1 aromatic heterocycles. The van der Waals surface area contributed by atoms with E-state index in [0.717, 1.165) is 28.9 Å². The summed E-state index contributed by atoms with van der Waals surface area (Å²) in [7, 11) is 0. The highest BCUT2D eigenvalue weighted by atomic mass is 79.9. The molecule has 0 aliphatic carbocycles. The van der Waals surface area contributed by atoms with Crippen molar-refractivity contribution in [3.05, 3.63) is 58.5 Å². The summed E-state index contributed by atoms with van der Waals surface area (Å²) in [5, 5.41) is 9.16. The van der Waals surface area contributed by atoms with E-state index in [1.165, 1.54) is 0 Å². The van der Waals surface area contributed by atoms with Crippen LogP contribution in [0.15, 0.2) is 51.6 Å². The number of furan rings is 1. The maximum atomic E-state index is 11.1. The monoisotopic (exact) mass is 363 g/mol. The minimum atomic E-state index is -0.685. The lowest BCUT2D eigenvalue weighted by atomic mass is 9.93. The predicted octanol–water partition coefficient (Wildman–Crippen LogP) is 3.93. The molecule has 1 saturated heterocycles. The van der Waals surface area contributed by atoms with Crippen LogP contribution in [-0.2, 0) is 4.79 Å². The summed E-state index contributed by atoms with van der Waals surface area (Å²) >= 11 is 3.62. The van der Waals surface area contributed by atoms with Crippen LogP contribution in [0.2, 0.25) is 0 Å². The van der Waals surface area contributed by atoms with Crippen molar-refractivity contribution in [2.45, 2.75) is 18.9 Å². The van der Waals surface area contributed by atoms with Gasteiger partial charge in [-0.15, -0.1) is 0 Å². The number of likely N-dealkylation sites (tertiary alicyclic amines) is 1. The first kappa shape index (κ1) is 15.3. The van der Waals surface area contributed by atoms with Gasteiger partial charge in [-0.1, -0.05) is 34.1 Å². The Morgan fingerprint density at radius 3 is 2.55 bits per heavy atom. The first-order valence-electron chi connectivity index (χ1n) is 7.41. The van der Waals surface area contributed by atoms with Crippen LogP contribution in [0.25, 0.3) is 0 Å². The van der Waals surface area contributed by atoms with E-state index in [2.05, 4.69) is 26.9 Å². The minimum Gasteiger partial charge on any atom is -0.481 e. The fourth-order valence-electron chi connectivity index (χ4n) is 3.08. The van der Waals surface area contributed by atoms with Crippen LogP contribution in [0.4, 0.5) is 0 Å². The highest BCUT2D eigenvalue weighted by Gasteiger charge is 2.32. The third-order valence-corrected chi connectivity index (χ3v) is 4.98. The number of carboxylic acid groups (broad SMARTS) is 1. The fourth-order valence-corrected chi connectivity index (χ4v) is 3.58. The van der Waals surface area contributed by atoms with E-state index in [1.807, 2.05) is 30.3 Å². The Balaban J connectivity index is 1.88. The SMILES string of the molecule is O=C(O)C1CCN(C(c2ccco2)c2ccccc2Br)CC1. The van der Waals surface area contributed by atoms with Gasteiger partial charge in [0, 0.05) is 4.47 Å². The summed E-state index contributed by atoms with van der Waals surface area (Å²) in [5.41, 5.74) is 1.14. The van der Waals surface area contributed by atoms with Gasteiger partial charge in [0.25, 0.3) is 0 Å². The number of hydrogen-bond donors (Lipinski definition) is 1. The van der Waals surface area contributed by atoms with Crippen molar-refractivity contribution in [2.75, 3.05) is 13.1 Å². The number of hydrogen-bond acceptors (Lipinski definition) is 3. The van der Waals surface area contributed by atoms with Crippen LogP contribution in [0.3, 0.4) is 0 Å². The van der Waals surface area contributed by atoms with E-state index >= 15 is 0 Å². The largest absolute Gasteiger partial charge is 0.481 e. The van der Waals surface area contributed by atoms with Crippen LogP contribution in [0.1, 0.15) is 30.2 Å². The number of carboxylic acids is 1. The maximum Gasteiger partial charge on any atom is 0.306 e. The second-order valence-corrected chi connectivity index (χ2v) is 6.44. The zero-order chi connectivity index (χ0) is 15.5. The zero-order valence-electron chi connectivity index (χ0n) is 12.1. The lowest BCUT2D eigenvalue weighted by molar-refractivity contribution is -0.143. The fraction of sp³-hybridized carbons (Fsp3) is 0.353. The molecular weight excluding hydrogens is 346 g/mol.